The first-order valence-electron chi connectivity index (χ1n) is 4.63. The van der Waals surface area contributed by atoms with Crippen LogP contribution in [-0.4, -0.2) is 18.0 Å². The van der Waals surface area contributed by atoms with E-state index in [1.165, 1.54) is 0 Å². The maximum absolute atomic E-state index is 11.2. The standard InChI is InChI=1S/C10H19ClO2/c1-8(10(2,3)4)13-9(12)6-5-7-11/h8H,5-7H2,1-4H3/t8-/m1/s1. The molecular formula is C10H19ClO2. The number of hydrogen-bond acceptors (Lipinski definition) is 2. The predicted molar refractivity (Wildman–Crippen MR) is 55.0 cm³/mol. The van der Waals surface area contributed by atoms with Gasteiger partial charge >= 0.3 is 5.97 Å². The van der Waals surface area contributed by atoms with Crippen LogP contribution >= 0.6 is 11.6 Å². The highest BCUT2D eigenvalue weighted by Crippen LogP contribution is 2.22. The van der Waals surface area contributed by atoms with Gasteiger partial charge in [0.25, 0.3) is 0 Å². The molecule has 0 spiro atoms. The number of hydrogen-bond donors (Lipinski definition) is 0. The fourth-order valence-corrected chi connectivity index (χ4v) is 0.778. The SMILES string of the molecule is C[C@@H](OC(=O)CCCCl)C(C)(C)C. The Labute approximate surface area is 85.6 Å². The second-order valence-electron chi connectivity index (χ2n) is 4.29. The van der Waals surface area contributed by atoms with E-state index in [2.05, 4.69) is 0 Å². The van der Waals surface area contributed by atoms with Crippen molar-refractivity contribution in [2.75, 3.05) is 5.88 Å². The van der Waals surface area contributed by atoms with Gasteiger partial charge in [0.2, 0.25) is 0 Å². The van der Waals surface area contributed by atoms with Gasteiger partial charge in [-0.3, -0.25) is 4.79 Å². The normalized spacial score (nSPS) is 13.9. The zero-order valence-electron chi connectivity index (χ0n) is 8.89. The van der Waals surface area contributed by atoms with Crippen LogP contribution in [0.4, 0.5) is 0 Å². The molecule has 0 saturated heterocycles. The van der Waals surface area contributed by atoms with Gasteiger partial charge in [-0.05, 0) is 18.8 Å². The van der Waals surface area contributed by atoms with Gasteiger partial charge < -0.3 is 4.74 Å². The Morgan fingerprint density at radius 3 is 2.38 bits per heavy atom. The van der Waals surface area contributed by atoms with E-state index in [0.717, 1.165) is 0 Å². The van der Waals surface area contributed by atoms with Crippen molar-refractivity contribution in [2.24, 2.45) is 5.41 Å². The van der Waals surface area contributed by atoms with Crippen molar-refractivity contribution in [1.29, 1.82) is 0 Å². The van der Waals surface area contributed by atoms with Crippen LogP contribution in [0.5, 0.6) is 0 Å². The maximum atomic E-state index is 11.2. The minimum Gasteiger partial charge on any atom is -0.462 e. The van der Waals surface area contributed by atoms with Crippen molar-refractivity contribution in [3.05, 3.63) is 0 Å². The molecule has 0 amide bonds. The Hall–Kier alpha value is -0.240. The summed E-state index contributed by atoms with van der Waals surface area (Å²) in [5.74, 6) is 0.363. The van der Waals surface area contributed by atoms with E-state index in [1.54, 1.807) is 0 Å². The first-order chi connectivity index (χ1) is 5.88. The Kier molecular flexibility index (Phi) is 5.38. The molecule has 0 rings (SSSR count). The average molecular weight is 207 g/mol. The van der Waals surface area contributed by atoms with Crippen molar-refractivity contribution >= 4 is 17.6 Å². The zero-order chi connectivity index (χ0) is 10.5. The number of esters is 1. The minimum absolute atomic E-state index is 0.0105. The third-order valence-electron chi connectivity index (χ3n) is 2.04. The number of carbonyl (C=O) groups is 1. The molecule has 0 heterocycles. The molecule has 0 fully saturated rings. The molecular weight excluding hydrogens is 188 g/mol. The quantitative estimate of drug-likeness (QED) is 0.522. The van der Waals surface area contributed by atoms with Crippen molar-refractivity contribution in [1.82, 2.24) is 0 Å². The molecule has 3 heteroatoms. The summed E-state index contributed by atoms with van der Waals surface area (Å²) < 4.78 is 5.22. The van der Waals surface area contributed by atoms with Gasteiger partial charge in [-0.15, -0.1) is 11.6 Å². The molecule has 0 bridgehead atoms. The molecule has 13 heavy (non-hydrogen) atoms. The van der Waals surface area contributed by atoms with Gasteiger partial charge in [-0.25, -0.2) is 0 Å². The van der Waals surface area contributed by atoms with Crippen LogP contribution in [0.3, 0.4) is 0 Å². The van der Waals surface area contributed by atoms with Crippen molar-refractivity contribution in [3.8, 4) is 0 Å². The summed E-state index contributed by atoms with van der Waals surface area (Å²) in [6.45, 7) is 8.06. The van der Waals surface area contributed by atoms with Gasteiger partial charge in [0, 0.05) is 12.3 Å². The lowest BCUT2D eigenvalue weighted by Crippen LogP contribution is -2.28. The van der Waals surface area contributed by atoms with Crippen molar-refractivity contribution in [2.45, 2.75) is 46.6 Å². The van der Waals surface area contributed by atoms with Gasteiger partial charge in [0.15, 0.2) is 0 Å². The van der Waals surface area contributed by atoms with Gasteiger partial charge in [0.1, 0.15) is 6.10 Å². The topological polar surface area (TPSA) is 26.3 Å². The number of carbonyl (C=O) groups excluding carboxylic acids is 1. The molecule has 2 nitrogen and oxygen atoms in total. The molecule has 1 atom stereocenters. The predicted octanol–water partition coefficient (Wildman–Crippen LogP) is 2.98. The Bertz CT molecular complexity index is 161. The largest absolute Gasteiger partial charge is 0.462 e. The number of ether oxygens (including phenoxy) is 1. The van der Waals surface area contributed by atoms with Crippen LogP contribution < -0.4 is 0 Å². The van der Waals surface area contributed by atoms with E-state index >= 15 is 0 Å². The second-order valence-corrected chi connectivity index (χ2v) is 4.67. The summed E-state index contributed by atoms with van der Waals surface area (Å²) in [6, 6.07) is 0. The lowest BCUT2D eigenvalue weighted by molar-refractivity contribution is -0.153. The molecule has 0 radical (unpaired) electrons. The number of rotatable bonds is 4. The first kappa shape index (κ1) is 12.8. The van der Waals surface area contributed by atoms with Crippen LogP contribution in [-0.2, 0) is 9.53 Å². The lowest BCUT2D eigenvalue weighted by Gasteiger charge is -2.26. The highest BCUT2D eigenvalue weighted by atomic mass is 35.5. The molecule has 0 aromatic heterocycles. The summed E-state index contributed by atoms with van der Waals surface area (Å²) in [5.41, 5.74) is 0.0105. The third-order valence-corrected chi connectivity index (χ3v) is 2.31. The fourth-order valence-electron chi connectivity index (χ4n) is 0.644. The monoisotopic (exact) mass is 206 g/mol. The van der Waals surface area contributed by atoms with Crippen LogP contribution in [0.15, 0.2) is 0 Å². The van der Waals surface area contributed by atoms with E-state index in [1.807, 2.05) is 27.7 Å². The Morgan fingerprint density at radius 2 is 2.00 bits per heavy atom. The highest BCUT2D eigenvalue weighted by Gasteiger charge is 2.23. The van der Waals surface area contributed by atoms with Crippen molar-refractivity contribution < 1.29 is 9.53 Å². The summed E-state index contributed by atoms with van der Waals surface area (Å²) in [4.78, 5) is 11.2. The molecule has 0 aromatic rings. The summed E-state index contributed by atoms with van der Waals surface area (Å²) in [6.07, 6.45) is 1.07. The van der Waals surface area contributed by atoms with Gasteiger partial charge in [-0.2, -0.15) is 0 Å². The molecule has 0 aliphatic heterocycles. The Morgan fingerprint density at radius 1 is 1.46 bits per heavy atom. The van der Waals surface area contributed by atoms with E-state index in [4.69, 9.17) is 16.3 Å². The number of alkyl halides is 1. The molecule has 0 N–H and O–H groups in total. The summed E-state index contributed by atoms with van der Waals surface area (Å²) in [5, 5.41) is 0. The van der Waals surface area contributed by atoms with Crippen LogP contribution in [0, 0.1) is 5.41 Å². The summed E-state index contributed by atoms with van der Waals surface area (Å²) in [7, 11) is 0. The van der Waals surface area contributed by atoms with Crippen LogP contribution in [0.2, 0.25) is 0 Å². The molecule has 0 aliphatic carbocycles. The average Bonchev–Trinajstić information content (AvgIpc) is 1.99. The zero-order valence-corrected chi connectivity index (χ0v) is 9.65. The van der Waals surface area contributed by atoms with E-state index in [0.29, 0.717) is 18.7 Å². The molecule has 78 valence electrons. The maximum Gasteiger partial charge on any atom is 0.306 e. The van der Waals surface area contributed by atoms with E-state index in [9.17, 15) is 4.79 Å². The van der Waals surface area contributed by atoms with E-state index in [-0.39, 0.29) is 17.5 Å². The fraction of sp³-hybridized carbons (Fsp3) is 0.900. The Balaban J connectivity index is 3.79. The molecule has 0 unspecified atom stereocenters. The smallest absolute Gasteiger partial charge is 0.306 e. The van der Waals surface area contributed by atoms with E-state index < -0.39 is 0 Å². The van der Waals surface area contributed by atoms with Crippen LogP contribution in [0.25, 0.3) is 0 Å². The van der Waals surface area contributed by atoms with Crippen LogP contribution in [0.1, 0.15) is 40.5 Å². The molecule has 0 aliphatic rings. The molecule has 0 saturated carbocycles. The number of halogens is 1. The lowest BCUT2D eigenvalue weighted by atomic mass is 9.90. The van der Waals surface area contributed by atoms with Crippen molar-refractivity contribution in [3.63, 3.8) is 0 Å². The van der Waals surface area contributed by atoms with Gasteiger partial charge in [-0.1, -0.05) is 20.8 Å². The third kappa shape index (κ3) is 5.92. The highest BCUT2D eigenvalue weighted by molar-refractivity contribution is 6.17. The second kappa shape index (κ2) is 5.48. The van der Waals surface area contributed by atoms with Gasteiger partial charge in [0.05, 0.1) is 0 Å². The summed E-state index contributed by atoms with van der Waals surface area (Å²) >= 11 is 5.46. The first-order valence-corrected chi connectivity index (χ1v) is 5.17. The molecule has 0 aromatic carbocycles. The minimum atomic E-state index is -0.150.